The van der Waals surface area contributed by atoms with Crippen LogP contribution in [0, 0.1) is 16.7 Å². The van der Waals surface area contributed by atoms with Crippen LogP contribution in [0.15, 0.2) is 0 Å². The number of rotatable bonds is 29. The molecule has 0 aliphatic heterocycles. The van der Waals surface area contributed by atoms with Crippen LogP contribution >= 0.6 is 0 Å². The van der Waals surface area contributed by atoms with E-state index in [1.165, 1.54) is 20.8 Å². The molecule has 76 heavy (non-hydrogen) atoms. The van der Waals surface area contributed by atoms with Gasteiger partial charge < -0.3 is 14.2 Å². The average molecular weight is 1180 g/mol. The van der Waals surface area contributed by atoms with Gasteiger partial charge in [-0.1, -0.05) is 27.7 Å². The lowest BCUT2D eigenvalue weighted by Gasteiger charge is -2.28. The Labute approximate surface area is 418 Å². The summed E-state index contributed by atoms with van der Waals surface area (Å²) in [5.41, 5.74) is -2.00. The van der Waals surface area contributed by atoms with E-state index in [9.17, 15) is 133 Å². The molecule has 0 saturated carbocycles. The molecular weight excluding hydrogens is 1130 g/mol. The van der Waals surface area contributed by atoms with Gasteiger partial charge in [-0.15, -0.1) is 0 Å². The minimum absolute atomic E-state index is 0.206. The third-order valence-electron chi connectivity index (χ3n) is 10.1. The highest BCUT2D eigenvalue weighted by Crippen LogP contribution is 2.46. The highest BCUT2D eigenvalue weighted by molar-refractivity contribution is 5.76. The van der Waals surface area contributed by atoms with E-state index < -0.39 is 197 Å². The van der Waals surface area contributed by atoms with Crippen molar-refractivity contribution in [2.75, 3.05) is 19.8 Å². The zero-order chi connectivity index (χ0) is 61.5. The molecule has 0 aliphatic rings. The molecule has 1 atom stereocenters. The van der Waals surface area contributed by atoms with Crippen molar-refractivity contribution in [3.8, 4) is 0 Å². The van der Waals surface area contributed by atoms with Gasteiger partial charge in [-0.3, -0.25) is 14.4 Å². The second-order valence-corrected chi connectivity index (χ2v) is 19.3. The van der Waals surface area contributed by atoms with Crippen molar-refractivity contribution < 1.29 is 147 Å². The highest BCUT2D eigenvalue weighted by atomic mass is 19.4. The largest absolute Gasteiger partial charge is 0.465 e. The van der Waals surface area contributed by atoms with Crippen molar-refractivity contribution in [2.24, 2.45) is 16.7 Å². The normalized spacial score (nSPS) is 14.7. The van der Waals surface area contributed by atoms with Gasteiger partial charge in [0.15, 0.2) is 13.2 Å². The summed E-state index contributed by atoms with van der Waals surface area (Å²) in [6, 6.07) is 0. The molecule has 0 rings (SSSR count). The Morgan fingerprint density at radius 2 is 0.605 bits per heavy atom. The fourth-order valence-corrected chi connectivity index (χ4v) is 5.55. The number of carbonyl (C=O) groups excluding carboxylic acids is 3. The van der Waals surface area contributed by atoms with Crippen molar-refractivity contribution in [1.82, 2.24) is 0 Å². The molecule has 0 aromatic heterocycles. The van der Waals surface area contributed by atoms with E-state index in [4.69, 9.17) is 4.74 Å². The molecule has 0 radical (unpaired) electrons. The quantitative estimate of drug-likeness (QED) is 0.0321. The maximum Gasteiger partial charge on any atom is 0.394 e. The van der Waals surface area contributed by atoms with Gasteiger partial charge in [-0.05, 0) is 53.4 Å². The third kappa shape index (κ3) is 38.1. The predicted octanol–water partition coefficient (Wildman–Crippen LogP) is 17.2. The zero-order valence-electron chi connectivity index (χ0n) is 41.8. The van der Waals surface area contributed by atoms with Crippen molar-refractivity contribution in [2.45, 2.75) is 217 Å². The summed E-state index contributed by atoms with van der Waals surface area (Å²) >= 11 is 0. The van der Waals surface area contributed by atoms with Gasteiger partial charge in [0, 0.05) is 6.42 Å². The van der Waals surface area contributed by atoms with Gasteiger partial charge in [0.05, 0.1) is 61.9 Å². The molecule has 1 unspecified atom stereocenters. The molecular formula is C43H59F27O6. The number of hydrogen-bond acceptors (Lipinski definition) is 6. The molecule has 0 saturated heterocycles. The van der Waals surface area contributed by atoms with E-state index in [1.54, 1.807) is 34.6 Å². The lowest BCUT2D eigenvalue weighted by atomic mass is 9.91. The summed E-state index contributed by atoms with van der Waals surface area (Å²) in [6.07, 6.45) is -40.8. The SMILES string of the molecule is CCC(C)(C)C(=O)OCC(F)(F)CC(F)(F)CC(F)(F)CC(F)(F)F.CCC(C)(C)C(=O)OCCCC(F)(F)CC(F)(F)CC(F)(F)CC(F)(F)F.CCC(C)C(=O)OCC(F)(F)CC(F)(F)CC(F)(F)CC(F)(F)F. The van der Waals surface area contributed by atoms with Crippen LogP contribution in [0.25, 0.3) is 0 Å². The standard InChI is InChI=1S/C16H23F9O2.C14H19F9O2.C13H17F9O2/c1-4-12(2,3)11(26)27-7-5-6-13(17,18)8-14(19,20)9-15(21,22)10-16(23,24)25;1-4-10(2,3)9(24)25-8-13(19,20)6-11(15,16)5-12(17,18)7-14(21,22)23;1-3-8(2)9(23)24-7-12(18,19)5-10(14,15)4-11(16,17)6-13(20,21)22/h4-10H2,1-3H3;4-8H2,1-3H3;8H,3-7H2,1-2H3. The second kappa shape index (κ2) is 28.1. The van der Waals surface area contributed by atoms with Crippen LogP contribution in [0.1, 0.15) is 145 Å². The number of halogens is 27. The third-order valence-corrected chi connectivity index (χ3v) is 10.1. The summed E-state index contributed by atoms with van der Waals surface area (Å²) < 4.78 is 359. The van der Waals surface area contributed by atoms with Crippen molar-refractivity contribution in [3.63, 3.8) is 0 Å². The Morgan fingerprint density at radius 3 is 0.882 bits per heavy atom. The van der Waals surface area contributed by atoms with Crippen LogP contribution in [0.5, 0.6) is 0 Å². The van der Waals surface area contributed by atoms with Gasteiger partial charge in [0.2, 0.25) is 0 Å². The molecule has 0 amide bonds. The topological polar surface area (TPSA) is 78.9 Å². The summed E-state index contributed by atoms with van der Waals surface area (Å²) in [4.78, 5) is 34.3. The number of alkyl halides is 27. The van der Waals surface area contributed by atoms with E-state index in [-0.39, 0.29) is 12.8 Å². The smallest absolute Gasteiger partial charge is 0.394 e. The lowest BCUT2D eigenvalue weighted by molar-refractivity contribution is -0.219. The summed E-state index contributed by atoms with van der Waals surface area (Å²) in [7, 11) is 0. The maximum absolute atomic E-state index is 13.6. The molecule has 0 aromatic carbocycles. The molecule has 456 valence electrons. The Hall–Kier alpha value is -3.48. The molecule has 0 aromatic rings. The van der Waals surface area contributed by atoms with E-state index in [1.807, 2.05) is 0 Å². The molecule has 6 nitrogen and oxygen atoms in total. The van der Waals surface area contributed by atoms with Crippen molar-refractivity contribution in [1.29, 1.82) is 0 Å². The monoisotopic (exact) mass is 1180 g/mol. The van der Waals surface area contributed by atoms with Gasteiger partial charge in [0.1, 0.15) is 19.3 Å². The predicted molar refractivity (Wildman–Crippen MR) is 214 cm³/mol. The summed E-state index contributed by atoms with van der Waals surface area (Å²) in [5, 5.41) is 0. The molecule has 0 bridgehead atoms. The Kier molecular flexibility index (Phi) is 28.4. The number of carbonyl (C=O) groups is 3. The van der Waals surface area contributed by atoms with Crippen LogP contribution in [0.2, 0.25) is 0 Å². The number of ether oxygens (including phenoxy) is 3. The van der Waals surface area contributed by atoms with Gasteiger partial charge >= 0.3 is 36.4 Å². The Morgan fingerprint density at radius 1 is 0.355 bits per heavy atom. The fraction of sp³-hybridized carbons (Fsp3) is 0.930. The van der Waals surface area contributed by atoms with Gasteiger partial charge in [-0.2, -0.15) is 39.5 Å². The Balaban J connectivity index is -0.00000105. The first kappa shape index (κ1) is 76.8. The fourth-order valence-electron chi connectivity index (χ4n) is 5.55. The second-order valence-electron chi connectivity index (χ2n) is 19.3. The molecule has 0 fully saturated rings. The van der Waals surface area contributed by atoms with Crippen LogP contribution in [-0.4, -0.2) is 110 Å². The minimum atomic E-state index is -5.43. The van der Waals surface area contributed by atoms with Crippen LogP contribution in [-0.2, 0) is 28.6 Å². The maximum atomic E-state index is 13.6. The summed E-state index contributed by atoms with van der Waals surface area (Å²) in [5.74, 6) is -45.4. The first-order valence-electron chi connectivity index (χ1n) is 22.2. The number of hydrogen-bond donors (Lipinski definition) is 0. The van der Waals surface area contributed by atoms with E-state index in [0.717, 1.165) is 0 Å². The van der Waals surface area contributed by atoms with Gasteiger partial charge in [0.25, 0.3) is 53.3 Å². The van der Waals surface area contributed by atoms with Crippen molar-refractivity contribution >= 4 is 17.9 Å². The lowest BCUT2D eigenvalue weighted by Crippen LogP contribution is -2.40. The molecule has 0 spiro atoms. The highest BCUT2D eigenvalue weighted by Gasteiger charge is 2.56. The first-order chi connectivity index (χ1) is 33.1. The van der Waals surface area contributed by atoms with Crippen LogP contribution in [0.3, 0.4) is 0 Å². The molecule has 33 heteroatoms. The van der Waals surface area contributed by atoms with Crippen LogP contribution in [0.4, 0.5) is 119 Å². The van der Waals surface area contributed by atoms with Crippen molar-refractivity contribution in [3.05, 3.63) is 0 Å². The van der Waals surface area contributed by atoms with E-state index in [0.29, 0.717) is 6.42 Å². The summed E-state index contributed by atoms with van der Waals surface area (Å²) in [6.45, 7) is 7.95. The van der Waals surface area contributed by atoms with Gasteiger partial charge in [-0.25, -0.2) is 79.0 Å². The average Bonchev–Trinajstić information content (AvgIpc) is 3.11. The first-order valence-corrected chi connectivity index (χ1v) is 22.2. The Bertz CT molecular complexity index is 1750. The minimum Gasteiger partial charge on any atom is -0.465 e. The number of esters is 3. The zero-order valence-corrected chi connectivity index (χ0v) is 41.8. The van der Waals surface area contributed by atoms with Crippen LogP contribution < -0.4 is 0 Å². The molecule has 0 aliphatic carbocycles. The molecule has 0 heterocycles. The van der Waals surface area contributed by atoms with E-state index >= 15 is 0 Å². The molecule has 0 N–H and O–H groups in total. The van der Waals surface area contributed by atoms with E-state index in [2.05, 4.69) is 9.47 Å².